The highest BCUT2D eigenvalue weighted by atomic mass is 32.2. The molecule has 1 aliphatic carbocycles. The fraction of sp³-hybridized carbons (Fsp3) is 0.531. The maximum absolute atomic E-state index is 13.7. The number of aliphatic hydroxyl groups excluding tert-OH is 1. The Balaban J connectivity index is 1.02. The summed E-state index contributed by atoms with van der Waals surface area (Å²) >= 11 is 0. The van der Waals surface area contributed by atoms with E-state index in [1.807, 2.05) is 24.5 Å². The van der Waals surface area contributed by atoms with Crippen LogP contribution in [0.15, 0.2) is 63.2 Å². The van der Waals surface area contributed by atoms with E-state index in [0.717, 1.165) is 11.1 Å². The number of benzene rings is 2. The molecule has 45 heavy (non-hydrogen) atoms. The van der Waals surface area contributed by atoms with Crippen LogP contribution in [0.4, 0.5) is 0 Å². The molecule has 13 heteroatoms. The van der Waals surface area contributed by atoms with Crippen LogP contribution in [0, 0.1) is 6.92 Å². The van der Waals surface area contributed by atoms with E-state index in [2.05, 4.69) is 5.32 Å². The lowest BCUT2D eigenvalue weighted by Crippen LogP contribution is -2.47. The van der Waals surface area contributed by atoms with E-state index < -0.39 is 37.0 Å². The first kappa shape index (κ1) is 32.1. The largest absolute Gasteiger partial charge is 0.491 e. The Hall–Kier alpha value is -2.81. The van der Waals surface area contributed by atoms with Gasteiger partial charge in [0, 0.05) is 43.8 Å². The number of aromatic nitrogens is 1. The lowest BCUT2D eigenvalue weighted by atomic mass is 9.88. The standard InChI is InChI=1S/C32H41N3O8S2/c1-3-34-19-29(31(37)28-9-4-6-22(2)30(28)34)45(40,41)35-14-12-32(13-15-35)17-23(20-43-32)33-18-24(36)21-42-25-7-5-8-27(16-25)44(38,39)26-10-11-26/h4-9,16,19,23-24,26,33,36H,3,10-15,17-18,20-21H2,1-2H3/t23-,24+/m1/s1. The van der Waals surface area contributed by atoms with Crippen molar-refractivity contribution in [3.63, 3.8) is 0 Å². The van der Waals surface area contributed by atoms with E-state index in [4.69, 9.17) is 9.47 Å². The van der Waals surface area contributed by atoms with Crippen LogP contribution >= 0.6 is 0 Å². The Morgan fingerprint density at radius 1 is 1.11 bits per heavy atom. The van der Waals surface area contributed by atoms with Crippen molar-refractivity contribution in [2.45, 2.75) is 85.3 Å². The molecule has 1 saturated carbocycles. The number of pyridine rings is 1. The van der Waals surface area contributed by atoms with Gasteiger partial charge in [-0.1, -0.05) is 18.2 Å². The number of sulfone groups is 1. The van der Waals surface area contributed by atoms with Gasteiger partial charge in [-0.2, -0.15) is 4.31 Å². The van der Waals surface area contributed by atoms with E-state index >= 15 is 0 Å². The molecule has 2 aromatic carbocycles. The van der Waals surface area contributed by atoms with Crippen LogP contribution in [0.5, 0.6) is 5.75 Å². The number of aryl methyl sites for hydroxylation is 2. The molecule has 0 bridgehead atoms. The Kier molecular flexibility index (Phi) is 8.87. The van der Waals surface area contributed by atoms with Gasteiger partial charge in [0.2, 0.25) is 15.5 Å². The molecule has 0 unspecified atom stereocenters. The molecule has 2 saturated heterocycles. The summed E-state index contributed by atoms with van der Waals surface area (Å²) in [5.74, 6) is 0.396. The van der Waals surface area contributed by atoms with E-state index in [1.165, 1.54) is 16.6 Å². The summed E-state index contributed by atoms with van der Waals surface area (Å²) < 4.78 is 67.6. The maximum atomic E-state index is 13.7. The third-order valence-corrected chi connectivity index (χ3v) is 13.4. The summed E-state index contributed by atoms with van der Waals surface area (Å²) in [6.45, 7) is 5.57. The first-order valence-electron chi connectivity index (χ1n) is 15.6. The normalized spacial score (nSPS) is 21.4. The number of sulfonamides is 1. The number of aliphatic hydroxyl groups is 1. The average molecular weight is 660 g/mol. The van der Waals surface area contributed by atoms with Crippen molar-refractivity contribution in [2.75, 3.05) is 32.8 Å². The van der Waals surface area contributed by atoms with Crippen LogP contribution in [0.2, 0.25) is 0 Å². The third kappa shape index (κ3) is 6.43. The number of rotatable bonds is 11. The third-order valence-electron chi connectivity index (χ3n) is 9.25. The van der Waals surface area contributed by atoms with Gasteiger partial charge in [-0.3, -0.25) is 4.79 Å². The summed E-state index contributed by atoms with van der Waals surface area (Å²) in [4.78, 5) is 13.4. The summed E-state index contributed by atoms with van der Waals surface area (Å²) in [6.07, 6.45) is 3.71. The monoisotopic (exact) mass is 659 g/mol. The molecular formula is C32H41N3O8S2. The van der Waals surface area contributed by atoms with Gasteiger partial charge in [-0.05, 0) is 75.8 Å². The van der Waals surface area contributed by atoms with Crippen LogP contribution in [0.25, 0.3) is 10.9 Å². The van der Waals surface area contributed by atoms with Crippen LogP contribution in [-0.4, -0.2) is 86.7 Å². The zero-order valence-corrected chi connectivity index (χ0v) is 27.3. The van der Waals surface area contributed by atoms with Crippen molar-refractivity contribution in [2.24, 2.45) is 0 Å². The van der Waals surface area contributed by atoms with Gasteiger partial charge in [-0.15, -0.1) is 0 Å². The molecule has 3 fully saturated rings. The molecule has 1 spiro atoms. The first-order chi connectivity index (χ1) is 21.4. The molecular weight excluding hydrogens is 618 g/mol. The van der Waals surface area contributed by atoms with Crippen LogP contribution in [0.1, 0.15) is 44.6 Å². The molecule has 1 aromatic heterocycles. The Morgan fingerprint density at radius 3 is 2.56 bits per heavy atom. The predicted octanol–water partition coefficient (Wildman–Crippen LogP) is 2.61. The molecule has 0 amide bonds. The minimum Gasteiger partial charge on any atom is -0.491 e. The number of hydrogen-bond acceptors (Lipinski definition) is 9. The number of hydrogen-bond donors (Lipinski definition) is 2. The van der Waals surface area contributed by atoms with Crippen molar-refractivity contribution < 1.29 is 31.4 Å². The minimum atomic E-state index is -4.00. The second kappa shape index (κ2) is 12.4. The number of piperidine rings is 1. The van der Waals surface area contributed by atoms with E-state index in [0.29, 0.717) is 56.4 Å². The Morgan fingerprint density at radius 2 is 1.84 bits per heavy atom. The van der Waals surface area contributed by atoms with Gasteiger partial charge in [0.1, 0.15) is 23.4 Å². The fourth-order valence-electron chi connectivity index (χ4n) is 6.52. The molecule has 2 aliphatic heterocycles. The van der Waals surface area contributed by atoms with E-state index in [-0.39, 0.29) is 47.3 Å². The summed E-state index contributed by atoms with van der Waals surface area (Å²) in [7, 11) is -7.33. The van der Waals surface area contributed by atoms with Gasteiger partial charge in [0.25, 0.3) is 0 Å². The van der Waals surface area contributed by atoms with Gasteiger partial charge < -0.3 is 24.5 Å². The second-order valence-corrected chi connectivity index (χ2v) is 16.6. The van der Waals surface area contributed by atoms with Crippen LogP contribution < -0.4 is 15.5 Å². The Bertz CT molecular complexity index is 1850. The molecule has 3 aliphatic rings. The molecule has 3 aromatic rings. The quantitative estimate of drug-likeness (QED) is 0.318. The topological polar surface area (TPSA) is 144 Å². The molecule has 3 heterocycles. The van der Waals surface area contributed by atoms with Crippen molar-refractivity contribution in [3.05, 3.63) is 64.4 Å². The highest BCUT2D eigenvalue weighted by Gasteiger charge is 2.45. The van der Waals surface area contributed by atoms with Crippen LogP contribution in [0.3, 0.4) is 0 Å². The predicted molar refractivity (Wildman–Crippen MR) is 170 cm³/mol. The molecule has 2 atom stereocenters. The summed E-state index contributed by atoms with van der Waals surface area (Å²) in [6, 6.07) is 11.8. The van der Waals surface area contributed by atoms with Crippen molar-refractivity contribution in [1.82, 2.24) is 14.2 Å². The van der Waals surface area contributed by atoms with Crippen molar-refractivity contribution in [1.29, 1.82) is 0 Å². The van der Waals surface area contributed by atoms with Crippen LogP contribution in [-0.2, 0) is 31.1 Å². The smallest absolute Gasteiger partial charge is 0.248 e. The number of nitrogens with zero attached hydrogens (tertiary/aromatic N) is 2. The molecule has 0 radical (unpaired) electrons. The van der Waals surface area contributed by atoms with Crippen molar-refractivity contribution in [3.8, 4) is 5.75 Å². The van der Waals surface area contributed by atoms with Crippen molar-refractivity contribution >= 4 is 30.8 Å². The minimum absolute atomic E-state index is 0.000453. The first-order valence-corrected chi connectivity index (χ1v) is 18.6. The number of fused-ring (bicyclic) bond motifs is 1. The highest BCUT2D eigenvalue weighted by molar-refractivity contribution is 7.92. The highest BCUT2D eigenvalue weighted by Crippen LogP contribution is 2.38. The van der Waals surface area contributed by atoms with Gasteiger partial charge in [-0.25, -0.2) is 16.8 Å². The van der Waals surface area contributed by atoms with Gasteiger partial charge in [0.15, 0.2) is 9.84 Å². The Labute approximate surface area is 264 Å². The molecule has 2 N–H and O–H groups in total. The maximum Gasteiger partial charge on any atom is 0.248 e. The van der Waals surface area contributed by atoms with Gasteiger partial charge >= 0.3 is 0 Å². The average Bonchev–Trinajstić information content (AvgIpc) is 3.83. The number of nitrogens with one attached hydrogen (secondary N) is 1. The summed E-state index contributed by atoms with van der Waals surface area (Å²) in [5, 5.41) is 14.0. The lowest BCUT2D eigenvalue weighted by Gasteiger charge is -2.38. The second-order valence-electron chi connectivity index (χ2n) is 12.5. The summed E-state index contributed by atoms with van der Waals surface area (Å²) in [5.41, 5.74) is 0.731. The van der Waals surface area contributed by atoms with E-state index in [1.54, 1.807) is 30.3 Å². The SMILES string of the molecule is CCn1cc(S(=O)(=O)N2CCC3(CC2)C[C@@H](NC[C@H](O)COc2cccc(S(=O)(=O)C4CC4)c2)CO3)c(=O)c2cccc(C)c21. The molecule has 11 nitrogen and oxygen atoms in total. The number of ether oxygens (including phenoxy) is 2. The molecule has 6 rings (SSSR count). The lowest BCUT2D eigenvalue weighted by molar-refractivity contribution is -0.0312. The van der Waals surface area contributed by atoms with E-state index in [9.17, 15) is 26.7 Å². The zero-order valence-electron chi connectivity index (χ0n) is 25.6. The number of para-hydroxylation sites is 1. The van der Waals surface area contributed by atoms with Gasteiger partial charge in [0.05, 0.1) is 27.9 Å². The molecule has 244 valence electrons. The zero-order chi connectivity index (χ0) is 32.0. The fourth-order valence-corrected chi connectivity index (χ4v) is 9.75.